The first-order valence-electron chi connectivity index (χ1n) is 11.8. The van der Waals surface area contributed by atoms with Crippen LogP contribution in [0.2, 0.25) is 0 Å². The Morgan fingerprint density at radius 1 is 1.06 bits per heavy atom. The lowest BCUT2D eigenvalue weighted by atomic mass is 9.87. The van der Waals surface area contributed by atoms with E-state index in [9.17, 15) is 9.18 Å². The molecule has 2 amide bonds. The van der Waals surface area contributed by atoms with Gasteiger partial charge in [-0.05, 0) is 73.4 Å². The first kappa shape index (κ1) is 24.5. The fourth-order valence-electron chi connectivity index (χ4n) is 4.71. The summed E-state index contributed by atoms with van der Waals surface area (Å²) in [5.41, 5.74) is 5.12. The smallest absolute Gasteiger partial charge is 0.319 e. The molecule has 35 heavy (non-hydrogen) atoms. The van der Waals surface area contributed by atoms with Crippen LogP contribution in [0.3, 0.4) is 0 Å². The average Bonchev–Trinajstić information content (AvgIpc) is 2.85. The van der Waals surface area contributed by atoms with Gasteiger partial charge in [0, 0.05) is 24.8 Å². The van der Waals surface area contributed by atoms with E-state index in [1.54, 1.807) is 26.4 Å². The second-order valence-electron chi connectivity index (χ2n) is 8.95. The van der Waals surface area contributed by atoms with Crippen LogP contribution in [0.1, 0.15) is 35.2 Å². The van der Waals surface area contributed by atoms with E-state index in [0.717, 1.165) is 40.9 Å². The van der Waals surface area contributed by atoms with Crippen molar-refractivity contribution in [3.8, 4) is 11.5 Å². The summed E-state index contributed by atoms with van der Waals surface area (Å²) in [6.07, 6.45) is 0.829. The molecule has 0 saturated carbocycles. The molecule has 0 unspecified atom stereocenters. The lowest BCUT2D eigenvalue weighted by Gasteiger charge is -2.41. The number of amides is 2. The summed E-state index contributed by atoms with van der Waals surface area (Å²) in [5, 5.41) is 6.04. The Morgan fingerprint density at radius 2 is 1.71 bits per heavy atom. The molecule has 1 aliphatic heterocycles. The Labute approximate surface area is 206 Å². The van der Waals surface area contributed by atoms with E-state index < -0.39 is 0 Å². The average molecular weight is 478 g/mol. The van der Waals surface area contributed by atoms with Crippen LogP contribution in [0, 0.1) is 12.7 Å². The molecule has 0 aromatic heterocycles. The molecule has 0 bridgehead atoms. The van der Waals surface area contributed by atoms with Gasteiger partial charge in [0.05, 0.1) is 20.3 Å². The summed E-state index contributed by atoms with van der Waals surface area (Å²) >= 11 is 0. The molecule has 7 heteroatoms. The number of rotatable bonds is 7. The number of fused-ring (bicyclic) bond motifs is 1. The fraction of sp³-hybridized carbons (Fsp3) is 0.321. The number of urea groups is 1. The van der Waals surface area contributed by atoms with E-state index in [0.29, 0.717) is 18.0 Å². The van der Waals surface area contributed by atoms with Crippen LogP contribution in [0.25, 0.3) is 0 Å². The summed E-state index contributed by atoms with van der Waals surface area (Å²) in [6, 6.07) is 17.7. The third-order valence-electron chi connectivity index (χ3n) is 6.47. The van der Waals surface area contributed by atoms with Crippen molar-refractivity contribution in [1.82, 2.24) is 10.2 Å². The van der Waals surface area contributed by atoms with Gasteiger partial charge in [0.15, 0.2) is 11.5 Å². The molecule has 0 fully saturated rings. The molecular weight excluding hydrogens is 445 g/mol. The highest BCUT2D eigenvalue weighted by atomic mass is 19.1. The van der Waals surface area contributed by atoms with E-state index in [1.165, 1.54) is 12.1 Å². The number of anilines is 1. The maximum absolute atomic E-state index is 13.5. The summed E-state index contributed by atoms with van der Waals surface area (Å²) in [5.74, 6) is 1.08. The first-order chi connectivity index (χ1) is 16.9. The minimum Gasteiger partial charge on any atom is -0.493 e. The van der Waals surface area contributed by atoms with Gasteiger partial charge in [-0.1, -0.05) is 29.8 Å². The SMILES string of the molecule is COc1cc2c(cc1OC)[C@H]([C@H](C)NC(=O)Nc1ccc(C)cc1)N(Cc1ccc(F)cc1)CC2. The van der Waals surface area contributed by atoms with Crippen molar-refractivity contribution < 1.29 is 18.7 Å². The molecule has 184 valence electrons. The van der Waals surface area contributed by atoms with E-state index in [4.69, 9.17) is 9.47 Å². The van der Waals surface area contributed by atoms with Gasteiger partial charge in [0.2, 0.25) is 0 Å². The van der Waals surface area contributed by atoms with Crippen molar-refractivity contribution in [2.24, 2.45) is 0 Å². The topological polar surface area (TPSA) is 62.8 Å². The Balaban J connectivity index is 1.61. The largest absolute Gasteiger partial charge is 0.493 e. The molecule has 3 aromatic rings. The van der Waals surface area contributed by atoms with E-state index >= 15 is 0 Å². The Hall–Kier alpha value is -3.58. The van der Waals surface area contributed by atoms with Crippen molar-refractivity contribution in [3.05, 3.63) is 88.7 Å². The molecule has 0 saturated heterocycles. The van der Waals surface area contributed by atoms with Crippen LogP contribution in [-0.4, -0.2) is 37.7 Å². The van der Waals surface area contributed by atoms with Crippen molar-refractivity contribution in [2.75, 3.05) is 26.1 Å². The standard InChI is InChI=1S/C28H32FN3O3/c1-18-5-11-23(12-6-18)31-28(33)30-19(2)27-24-16-26(35-4)25(34-3)15-21(24)13-14-32(27)17-20-7-9-22(29)10-8-20/h5-12,15-16,19,27H,13-14,17H2,1-4H3,(H2,30,31,33)/t19-,27-/m0/s1. The van der Waals surface area contributed by atoms with Crippen LogP contribution in [0.5, 0.6) is 11.5 Å². The fourth-order valence-corrected chi connectivity index (χ4v) is 4.71. The first-order valence-corrected chi connectivity index (χ1v) is 11.8. The molecule has 4 rings (SSSR count). The van der Waals surface area contributed by atoms with Gasteiger partial charge in [0.25, 0.3) is 0 Å². The Kier molecular flexibility index (Phi) is 7.56. The monoisotopic (exact) mass is 477 g/mol. The normalized spacial score (nSPS) is 16.2. The molecule has 2 atom stereocenters. The highest BCUT2D eigenvalue weighted by Crippen LogP contribution is 2.40. The number of ether oxygens (including phenoxy) is 2. The predicted molar refractivity (Wildman–Crippen MR) is 136 cm³/mol. The maximum Gasteiger partial charge on any atom is 0.319 e. The van der Waals surface area contributed by atoms with Gasteiger partial charge in [-0.2, -0.15) is 0 Å². The zero-order chi connectivity index (χ0) is 24.9. The number of benzene rings is 3. The second kappa shape index (κ2) is 10.8. The second-order valence-corrected chi connectivity index (χ2v) is 8.95. The summed E-state index contributed by atoms with van der Waals surface area (Å²) in [6.45, 7) is 5.43. The zero-order valence-corrected chi connectivity index (χ0v) is 20.6. The lowest BCUT2D eigenvalue weighted by Crippen LogP contribution is -2.48. The number of nitrogens with zero attached hydrogens (tertiary/aromatic N) is 1. The van der Waals surface area contributed by atoms with E-state index in [1.807, 2.05) is 50.2 Å². The van der Waals surface area contributed by atoms with Crippen molar-refractivity contribution >= 4 is 11.7 Å². The molecule has 2 N–H and O–H groups in total. The minimum absolute atomic E-state index is 0.118. The number of carbonyl (C=O) groups excluding carboxylic acids is 1. The van der Waals surface area contributed by atoms with Gasteiger partial charge >= 0.3 is 6.03 Å². The molecule has 0 aliphatic carbocycles. The maximum atomic E-state index is 13.5. The van der Waals surface area contributed by atoms with Crippen LogP contribution < -0.4 is 20.1 Å². The minimum atomic E-state index is -0.268. The van der Waals surface area contributed by atoms with Crippen molar-refractivity contribution in [2.45, 2.75) is 38.9 Å². The van der Waals surface area contributed by atoms with Gasteiger partial charge in [-0.15, -0.1) is 0 Å². The molecule has 1 heterocycles. The van der Waals surface area contributed by atoms with Gasteiger partial charge in [-0.25, -0.2) is 9.18 Å². The third-order valence-corrected chi connectivity index (χ3v) is 6.47. The van der Waals surface area contributed by atoms with E-state index in [-0.39, 0.29) is 23.9 Å². The van der Waals surface area contributed by atoms with Crippen molar-refractivity contribution in [1.29, 1.82) is 0 Å². The Bertz CT molecular complexity index is 1170. The van der Waals surface area contributed by atoms with Crippen LogP contribution in [0.4, 0.5) is 14.9 Å². The highest BCUT2D eigenvalue weighted by Gasteiger charge is 2.33. The molecule has 3 aromatic carbocycles. The van der Waals surface area contributed by atoms with E-state index in [2.05, 4.69) is 15.5 Å². The van der Waals surface area contributed by atoms with Gasteiger partial charge < -0.3 is 20.1 Å². The van der Waals surface area contributed by atoms with Crippen molar-refractivity contribution in [3.63, 3.8) is 0 Å². The zero-order valence-electron chi connectivity index (χ0n) is 20.6. The summed E-state index contributed by atoms with van der Waals surface area (Å²) in [4.78, 5) is 15.2. The number of methoxy groups -OCH3 is 2. The van der Waals surface area contributed by atoms with Gasteiger partial charge in [-0.3, -0.25) is 4.90 Å². The third kappa shape index (κ3) is 5.74. The van der Waals surface area contributed by atoms with Crippen LogP contribution in [-0.2, 0) is 13.0 Å². The molecule has 1 aliphatic rings. The predicted octanol–water partition coefficient (Wildman–Crippen LogP) is 5.46. The quantitative estimate of drug-likeness (QED) is 0.474. The lowest BCUT2D eigenvalue weighted by molar-refractivity contribution is 0.144. The van der Waals surface area contributed by atoms with Gasteiger partial charge in [0.1, 0.15) is 5.82 Å². The molecule has 6 nitrogen and oxygen atoms in total. The molecule has 0 spiro atoms. The molecule has 0 radical (unpaired) electrons. The number of aryl methyl sites for hydroxylation is 1. The molecular formula is C28H32FN3O3. The number of halogens is 1. The number of hydrogen-bond donors (Lipinski definition) is 2. The van der Waals surface area contributed by atoms with Crippen LogP contribution >= 0.6 is 0 Å². The van der Waals surface area contributed by atoms with Crippen LogP contribution in [0.15, 0.2) is 60.7 Å². The summed E-state index contributed by atoms with van der Waals surface area (Å²) < 4.78 is 24.6. The number of hydrogen-bond acceptors (Lipinski definition) is 4. The summed E-state index contributed by atoms with van der Waals surface area (Å²) in [7, 11) is 3.25. The number of carbonyl (C=O) groups is 1. The Morgan fingerprint density at radius 3 is 2.37 bits per heavy atom. The highest BCUT2D eigenvalue weighted by molar-refractivity contribution is 5.89. The number of nitrogens with one attached hydrogen (secondary N) is 2.